The zero-order valence-electron chi connectivity index (χ0n) is 14.4. The lowest BCUT2D eigenvalue weighted by Gasteiger charge is -2.15. The van der Waals surface area contributed by atoms with Crippen molar-refractivity contribution in [3.05, 3.63) is 51.4 Å². The maximum Gasteiger partial charge on any atom is 0.139 e. The van der Waals surface area contributed by atoms with Crippen molar-refractivity contribution in [1.29, 1.82) is 0 Å². The average molecular weight is 486 g/mol. The SMILES string of the molecule is C.Clc1cnc2[nH]ccc2c1Br.Clc1cnc2[nH]ccc2c1NC1CCCC1.[2HH]. The first-order valence-corrected chi connectivity index (χ1v) is 10.3. The predicted octanol–water partition coefficient (Wildman–Crippen LogP) is 7.43. The van der Waals surface area contributed by atoms with Crippen molar-refractivity contribution >= 4 is 66.9 Å². The van der Waals surface area contributed by atoms with E-state index in [1.54, 1.807) is 12.4 Å². The van der Waals surface area contributed by atoms with Gasteiger partial charge in [0, 0.05) is 41.3 Å². The third-order valence-electron chi connectivity index (χ3n) is 4.72. The number of fused-ring (bicyclic) bond motifs is 2. The summed E-state index contributed by atoms with van der Waals surface area (Å²) in [4.78, 5) is 14.4. The fourth-order valence-corrected chi connectivity index (χ4v) is 4.13. The van der Waals surface area contributed by atoms with Crippen molar-refractivity contribution in [3.63, 3.8) is 0 Å². The van der Waals surface area contributed by atoms with Gasteiger partial charge in [-0.1, -0.05) is 43.5 Å². The number of rotatable bonds is 2. The molecule has 28 heavy (non-hydrogen) atoms. The van der Waals surface area contributed by atoms with Gasteiger partial charge in [-0.05, 0) is 40.9 Å². The minimum absolute atomic E-state index is 0. The Hall–Kier alpha value is -1.76. The summed E-state index contributed by atoms with van der Waals surface area (Å²) in [5.41, 5.74) is 2.77. The van der Waals surface area contributed by atoms with Crippen molar-refractivity contribution < 1.29 is 1.43 Å². The van der Waals surface area contributed by atoms with Gasteiger partial charge in [-0.2, -0.15) is 0 Å². The van der Waals surface area contributed by atoms with Crippen LogP contribution in [-0.2, 0) is 0 Å². The van der Waals surface area contributed by atoms with Crippen molar-refractivity contribution in [3.8, 4) is 0 Å². The lowest BCUT2D eigenvalue weighted by molar-refractivity contribution is 0.756. The Morgan fingerprint density at radius 2 is 1.54 bits per heavy atom. The lowest BCUT2D eigenvalue weighted by Crippen LogP contribution is -2.15. The van der Waals surface area contributed by atoms with Crippen LogP contribution in [-0.4, -0.2) is 26.0 Å². The van der Waals surface area contributed by atoms with Crippen LogP contribution in [0.2, 0.25) is 10.0 Å². The minimum Gasteiger partial charge on any atom is -0.380 e. The number of anilines is 1. The molecule has 0 spiro atoms. The van der Waals surface area contributed by atoms with E-state index in [1.165, 1.54) is 25.7 Å². The Balaban J connectivity index is 0.000000205. The molecule has 0 unspecified atom stereocenters. The third kappa shape index (κ3) is 4.29. The Kier molecular flexibility index (Phi) is 6.86. The number of nitrogens with zero attached hydrogens (tertiary/aromatic N) is 2. The molecule has 4 aromatic rings. The van der Waals surface area contributed by atoms with Crippen LogP contribution in [0.25, 0.3) is 22.1 Å². The van der Waals surface area contributed by atoms with Gasteiger partial charge < -0.3 is 15.3 Å². The van der Waals surface area contributed by atoms with Crippen LogP contribution >= 0.6 is 39.1 Å². The maximum absolute atomic E-state index is 6.20. The standard InChI is InChI=1S/C12H14ClN3.C7H4BrClN2.CH4.H2/c13-10-7-15-12-9(5-6-14-12)11(10)16-8-3-1-2-4-8;8-6-4-1-2-10-7(4)11-3-5(6)9;;/h5-8H,1-4H2,(H2,14,15,16);1-3H,(H,10,11);1H4;1H/i;;;1+1. The second-order valence-electron chi connectivity index (χ2n) is 6.51. The molecule has 0 bridgehead atoms. The Bertz CT molecular complexity index is 1080. The van der Waals surface area contributed by atoms with E-state index in [-0.39, 0.29) is 8.85 Å². The summed E-state index contributed by atoms with van der Waals surface area (Å²) in [5.74, 6) is 0. The zero-order chi connectivity index (χ0) is 18.8. The molecular formula is C20H24BrCl2N5. The van der Waals surface area contributed by atoms with Gasteiger partial charge in [0.05, 0.1) is 21.9 Å². The van der Waals surface area contributed by atoms with Crippen molar-refractivity contribution in [2.75, 3.05) is 5.32 Å². The molecule has 0 amide bonds. The van der Waals surface area contributed by atoms with E-state index in [0.717, 1.165) is 32.2 Å². The molecule has 4 aromatic heterocycles. The summed E-state index contributed by atoms with van der Waals surface area (Å²) < 4.78 is 0.894. The molecule has 0 atom stereocenters. The highest BCUT2D eigenvalue weighted by Gasteiger charge is 2.17. The van der Waals surface area contributed by atoms with E-state index < -0.39 is 0 Å². The summed E-state index contributed by atoms with van der Waals surface area (Å²) in [6, 6.07) is 4.52. The van der Waals surface area contributed by atoms with Crippen molar-refractivity contribution in [1.82, 2.24) is 19.9 Å². The molecule has 4 heterocycles. The maximum atomic E-state index is 6.20. The highest BCUT2D eigenvalue weighted by Crippen LogP contribution is 2.32. The molecule has 0 aliphatic heterocycles. The predicted molar refractivity (Wildman–Crippen MR) is 125 cm³/mol. The first-order valence-electron chi connectivity index (χ1n) is 8.78. The van der Waals surface area contributed by atoms with E-state index in [9.17, 15) is 0 Å². The van der Waals surface area contributed by atoms with E-state index in [4.69, 9.17) is 23.2 Å². The highest BCUT2D eigenvalue weighted by atomic mass is 79.9. The molecule has 1 fully saturated rings. The molecule has 5 rings (SSSR count). The van der Waals surface area contributed by atoms with Gasteiger partial charge in [0.15, 0.2) is 0 Å². The Morgan fingerprint density at radius 3 is 2.21 bits per heavy atom. The summed E-state index contributed by atoms with van der Waals surface area (Å²) in [7, 11) is 0. The molecule has 1 saturated carbocycles. The minimum atomic E-state index is 0. The molecule has 150 valence electrons. The number of hydrogen-bond donors (Lipinski definition) is 3. The van der Waals surface area contributed by atoms with Crippen LogP contribution in [0.5, 0.6) is 0 Å². The largest absolute Gasteiger partial charge is 0.380 e. The third-order valence-corrected chi connectivity index (χ3v) is 6.38. The fraction of sp³-hybridized carbons (Fsp3) is 0.300. The monoisotopic (exact) mass is 484 g/mol. The molecule has 0 aromatic carbocycles. The molecule has 1 aliphatic carbocycles. The van der Waals surface area contributed by atoms with Gasteiger partial charge in [0.2, 0.25) is 0 Å². The first-order chi connectivity index (χ1) is 13.1. The zero-order valence-corrected chi connectivity index (χ0v) is 17.5. The summed E-state index contributed by atoms with van der Waals surface area (Å²) in [6.45, 7) is 0. The summed E-state index contributed by atoms with van der Waals surface area (Å²) in [6.07, 6.45) is 12.2. The smallest absolute Gasteiger partial charge is 0.139 e. The van der Waals surface area contributed by atoms with E-state index >= 15 is 0 Å². The van der Waals surface area contributed by atoms with Gasteiger partial charge in [-0.3, -0.25) is 0 Å². The number of H-pyrrole nitrogens is 2. The number of aromatic nitrogens is 4. The van der Waals surface area contributed by atoms with Gasteiger partial charge in [-0.15, -0.1) is 0 Å². The van der Waals surface area contributed by atoms with Crippen molar-refractivity contribution in [2.45, 2.75) is 39.2 Å². The normalized spacial score (nSPS) is 14.0. The molecule has 3 N–H and O–H groups in total. The van der Waals surface area contributed by atoms with Gasteiger partial charge in [-0.25, -0.2) is 9.97 Å². The lowest BCUT2D eigenvalue weighted by atomic mass is 10.2. The van der Waals surface area contributed by atoms with Gasteiger partial charge in [0.1, 0.15) is 11.3 Å². The van der Waals surface area contributed by atoms with Crippen molar-refractivity contribution in [2.24, 2.45) is 0 Å². The second-order valence-corrected chi connectivity index (χ2v) is 8.11. The Labute approximate surface area is 183 Å². The van der Waals surface area contributed by atoms with Gasteiger partial charge >= 0.3 is 0 Å². The molecule has 0 radical (unpaired) electrons. The highest BCUT2D eigenvalue weighted by molar-refractivity contribution is 9.10. The van der Waals surface area contributed by atoms with Gasteiger partial charge in [0.25, 0.3) is 0 Å². The summed E-state index contributed by atoms with van der Waals surface area (Å²) >= 11 is 15.4. The number of aromatic amines is 2. The van der Waals surface area contributed by atoms with Crippen LogP contribution in [0.4, 0.5) is 5.69 Å². The van der Waals surface area contributed by atoms with E-state index in [1.807, 2.05) is 24.5 Å². The topological polar surface area (TPSA) is 69.4 Å². The van der Waals surface area contributed by atoms with Crippen LogP contribution in [0.15, 0.2) is 41.4 Å². The number of halogens is 3. The van der Waals surface area contributed by atoms with Crippen LogP contribution < -0.4 is 5.32 Å². The van der Waals surface area contributed by atoms with Crippen LogP contribution in [0.3, 0.4) is 0 Å². The van der Waals surface area contributed by atoms with Crippen LogP contribution in [0, 0.1) is 0 Å². The fourth-order valence-electron chi connectivity index (χ4n) is 3.36. The number of hydrogen-bond acceptors (Lipinski definition) is 3. The van der Waals surface area contributed by atoms with E-state index in [0.29, 0.717) is 16.1 Å². The Morgan fingerprint density at radius 1 is 0.964 bits per heavy atom. The first kappa shape index (κ1) is 21.0. The number of nitrogens with one attached hydrogen (secondary N) is 3. The van der Waals surface area contributed by atoms with Crippen LogP contribution in [0.1, 0.15) is 34.5 Å². The molecule has 5 nitrogen and oxygen atoms in total. The molecule has 1 aliphatic rings. The average Bonchev–Trinajstić information content (AvgIpc) is 3.42. The molecular weight excluding hydrogens is 461 g/mol. The quantitative estimate of drug-likeness (QED) is 0.276. The second kappa shape index (κ2) is 9.16. The molecule has 8 heteroatoms. The summed E-state index contributed by atoms with van der Waals surface area (Å²) in [5, 5.41) is 6.98. The number of pyridine rings is 2. The van der Waals surface area contributed by atoms with E-state index in [2.05, 4.69) is 41.2 Å². The molecule has 0 saturated heterocycles.